The molecule has 8 heteroatoms. The summed E-state index contributed by atoms with van der Waals surface area (Å²) in [6, 6.07) is 11.5. The summed E-state index contributed by atoms with van der Waals surface area (Å²) in [5.41, 5.74) is 2.59. The Hall–Kier alpha value is -3.13. The van der Waals surface area contributed by atoms with Crippen molar-refractivity contribution < 1.29 is 9.53 Å². The van der Waals surface area contributed by atoms with E-state index in [1.165, 1.54) is 0 Å². The van der Waals surface area contributed by atoms with Crippen molar-refractivity contribution in [2.75, 3.05) is 43.5 Å². The molecule has 29 heavy (non-hydrogen) atoms. The minimum Gasteiger partial charge on any atom is -0.497 e. The third-order valence-corrected chi connectivity index (χ3v) is 5.51. The molecule has 3 aromatic rings. The molecule has 1 aliphatic heterocycles. The van der Waals surface area contributed by atoms with E-state index in [4.69, 9.17) is 4.74 Å². The van der Waals surface area contributed by atoms with E-state index < -0.39 is 0 Å². The molecule has 4 rings (SSSR count). The van der Waals surface area contributed by atoms with E-state index in [1.807, 2.05) is 59.0 Å². The molecule has 0 saturated carbocycles. The number of hydrogen-bond acceptors (Lipinski definition) is 7. The summed E-state index contributed by atoms with van der Waals surface area (Å²) in [5, 5.41) is 7.15. The fraction of sp³-hybridized carbons (Fsp3) is 0.286. The van der Waals surface area contributed by atoms with Crippen LogP contribution in [0, 0.1) is 6.92 Å². The van der Waals surface area contributed by atoms with Crippen molar-refractivity contribution in [3.05, 3.63) is 58.4 Å². The molecule has 1 amide bonds. The number of anilines is 3. The monoisotopic (exact) mass is 409 g/mol. The maximum Gasteiger partial charge on any atom is 0.254 e. The van der Waals surface area contributed by atoms with Crippen molar-refractivity contribution in [1.82, 2.24) is 14.9 Å². The smallest absolute Gasteiger partial charge is 0.254 e. The van der Waals surface area contributed by atoms with Gasteiger partial charge in [-0.15, -0.1) is 0 Å². The zero-order valence-electron chi connectivity index (χ0n) is 16.5. The van der Waals surface area contributed by atoms with E-state index in [2.05, 4.69) is 20.2 Å². The maximum absolute atomic E-state index is 12.5. The predicted octanol–water partition coefficient (Wildman–Crippen LogP) is 3.56. The lowest BCUT2D eigenvalue weighted by Gasteiger charge is -2.34. The van der Waals surface area contributed by atoms with Gasteiger partial charge in [0.2, 0.25) is 5.95 Å². The Morgan fingerprint density at radius 1 is 1.10 bits per heavy atom. The summed E-state index contributed by atoms with van der Waals surface area (Å²) in [6.07, 6.45) is 0. The highest BCUT2D eigenvalue weighted by atomic mass is 32.1. The Morgan fingerprint density at radius 3 is 2.52 bits per heavy atom. The number of carbonyl (C=O) groups excluding carboxylic acids is 1. The number of aryl methyl sites for hydroxylation is 1. The van der Waals surface area contributed by atoms with E-state index in [-0.39, 0.29) is 5.91 Å². The molecule has 1 saturated heterocycles. The molecule has 0 spiro atoms. The summed E-state index contributed by atoms with van der Waals surface area (Å²) >= 11 is 1.54. The van der Waals surface area contributed by atoms with Crippen LogP contribution in [0.3, 0.4) is 0 Å². The molecule has 7 nitrogen and oxygen atoms in total. The quantitative estimate of drug-likeness (QED) is 0.695. The predicted molar refractivity (Wildman–Crippen MR) is 115 cm³/mol. The van der Waals surface area contributed by atoms with Gasteiger partial charge in [0.05, 0.1) is 12.7 Å². The van der Waals surface area contributed by atoms with Gasteiger partial charge in [-0.1, -0.05) is 0 Å². The second-order valence-electron chi connectivity index (χ2n) is 6.84. The van der Waals surface area contributed by atoms with Crippen LogP contribution in [0.2, 0.25) is 0 Å². The zero-order valence-corrected chi connectivity index (χ0v) is 17.3. The Labute approximate surface area is 174 Å². The number of nitrogens with zero attached hydrogens (tertiary/aromatic N) is 4. The standard InChI is InChI=1S/C21H23N5O2S/c1-15-13-19(23-17-3-5-18(28-2)6-4-17)24-21(22-15)26-10-8-25(9-11-26)20(27)16-7-12-29-14-16/h3-7,12-14H,8-11H2,1-2H3,(H,22,23,24). The first-order valence-corrected chi connectivity index (χ1v) is 10.4. The Balaban J connectivity index is 1.43. The van der Waals surface area contributed by atoms with Crippen molar-refractivity contribution in [3.63, 3.8) is 0 Å². The van der Waals surface area contributed by atoms with Gasteiger partial charge in [0.15, 0.2) is 0 Å². The van der Waals surface area contributed by atoms with E-state index in [0.29, 0.717) is 32.1 Å². The molecule has 1 fully saturated rings. The molecule has 2 aromatic heterocycles. The molecule has 1 aromatic carbocycles. The largest absolute Gasteiger partial charge is 0.497 e. The Morgan fingerprint density at radius 2 is 1.86 bits per heavy atom. The van der Waals surface area contributed by atoms with Crippen molar-refractivity contribution in [2.24, 2.45) is 0 Å². The van der Waals surface area contributed by atoms with Crippen LogP contribution in [0.15, 0.2) is 47.2 Å². The lowest BCUT2D eigenvalue weighted by atomic mass is 10.2. The fourth-order valence-electron chi connectivity index (χ4n) is 3.26. The number of aromatic nitrogens is 2. The number of hydrogen-bond donors (Lipinski definition) is 1. The minimum absolute atomic E-state index is 0.0953. The van der Waals surface area contributed by atoms with Crippen LogP contribution in [-0.4, -0.2) is 54.1 Å². The van der Waals surface area contributed by atoms with Crippen molar-refractivity contribution in [2.45, 2.75) is 6.92 Å². The number of benzene rings is 1. The lowest BCUT2D eigenvalue weighted by Crippen LogP contribution is -2.49. The van der Waals surface area contributed by atoms with Gasteiger partial charge in [0.25, 0.3) is 5.91 Å². The number of rotatable bonds is 5. The topological polar surface area (TPSA) is 70.6 Å². The Bertz CT molecular complexity index is 967. The molecule has 0 radical (unpaired) electrons. The summed E-state index contributed by atoms with van der Waals surface area (Å²) in [6.45, 7) is 4.70. The number of carbonyl (C=O) groups is 1. The second kappa shape index (κ2) is 8.48. The number of methoxy groups -OCH3 is 1. The van der Waals surface area contributed by atoms with Gasteiger partial charge in [-0.3, -0.25) is 4.79 Å². The SMILES string of the molecule is COc1ccc(Nc2cc(C)nc(N3CCN(C(=O)c4ccsc4)CC3)n2)cc1. The van der Waals surface area contributed by atoms with Crippen LogP contribution < -0.4 is 15.0 Å². The van der Waals surface area contributed by atoms with Gasteiger partial charge in [0.1, 0.15) is 11.6 Å². The second-order valence-corrected chi connectivity index (χ2v) is 7.62. The average molecular weight is 410 g/mol. The first-order chi connectivity index (χ1) is 14.1. The molecule has 150 valence electrons. The summed E-state index contributed by atoms with van der Waals surface area (Å²) in [5.74, 6) is 2.33. The van der Waals surface area contributed by atoms with Gasteiger partial charge >= 0.3 is 0 Å². The number of amides is 1. The lowest BCUT2D eigenvalue weighted by molar-refractivity contribution is 0.0747. The van der Waals surface area contributed by atoms with E-state index >= 15 is 0 Å². The highest BCUT2D eigenvalue weighted by molar-refractivity contribution is 7.08. The summed E-state index contributed by atoms with van der Waals surface area (Å²) < 4.78 is 5.20. The minimum atomic E-state index is 0.0953. The summed E-state index contributed by atoms with van der Waals surface area (Å²) in [7, 11) is 1.65. The number of piperazine rings is 1. The fourth-order valence-corrected chi connectivity index (χ4v) is 3.89. The molecule has 1 aliphatic rings. The molecule has 0 aliphatic carbocycles. The van der Waals surface area contributed by atoms with Gasteiger partial charge in [-0.05, 0) is 42.6 Å². The number of nitrogens with one attached hydrogen (secondary N) is 1. The van der Waals surface area contributed by atoms with E-state index in [9.17, 15) is 4.79 Å². The normalized spacial score (nSPS) is 14.0. The van der Waals surface area contributed by atoms with Crippen LogP contribution in [0.25, 0.3) is 0 Å². The first-order valence-electron chi connectivity index (χ1n) is 9.45. The van der Waals surface area contributed by atoms with Gasteiger partial charge < -0.3 is 19.9 Å². The van der Waals surface area contributed by atoms with Crippen molar-refractivity contribution >= 4 is 34.7 Å². The first kappa shape index (κ1) is 19.2. The molecule has 0 unspecified atom stereocenters. The molecule has 1 N–H and O–H groups in total. The van der Waals surface area contributed by atoms with Gasteiger partial charge in [-0.25, -0.2) is 4.98 Å². The van der Waals surface area contributed by atoms with Crippen LogP contribution in [0.1, 0.15) is 16.1 Å². The molecule has 3 heterocycles. The maximum atomic E-state index is 12.5. The van der Waals surface area contributed by atoms with Crippen molar-refractivity contribution in [3.8, 4) is 5.75 Å². The van der Waals surface area contributed by atoms with E-state index in [0.717, 1.165) is 28.5 Å². The Kier molecular flexibility index (Phi) is 5.62. The van der Waals surface area contributed by atoms with Crippen LogP contribution >= 0.6 is 11.3 Å². The van der Waals surface area contributed by atoms with Gasteiger partial charge in [0, 0.05) is 49.0 Å². The molecular formula is C21H23N5O2S. The average Bonchev–Trinajstić information content (AvgIpc) is 3.28. The third-order valence-electron chi connectivity index (χ3n) is 4.82. The van der Waals surface area contributed by atoms with Crippen LogP contribution in [0.4, 0.5) is 17.5 Å². The molecule has 0 atom stereocenters. The van der Waals surface area contributed by atoms with Crippen LogP contribution in [-0.2, 0) is 0 Å². The van der Waals surface area contributed by atoms with Gasteiger partial charge in [-0.2, -0.15) is 16.3 Å². The zero-order chi connectivity index (χ0) is 20.2. The van der Waals surface area contributed by atoms with Crippen LogP contribution in [0.5, 0.6) is 5.75 Å². The highest BCUT2D eigenvalue weighted by Gasteiger charge is 2.24. The highest BCUT2D eigenvalue weighted by Crippen LogP contribution is 2.22. The van der Waals surface area contributed by atoms with Crippen molar-refractivity contribution in [1.29, 1.82) is 0 Å². The number of thiophene rings is 1. The molecular weight excluding hydrogens is 386 g/mol. The molecule has 0 bridgehead atoms. The number of ether oxygens (including phenoxy) is 1. The van der Waals surface area contributed by atoms with E-state index in [1.54, 1.807) is 18.4 Å². The third kappa shape index (κ3) is 4.48. The summed E-state index contributed by atoms with van der Waals surface area (Å²) in [4.78, 5) is 25.8.